The molecule has 0 saturated heterocycles. The van der Waals surface area contributed by atoms with Crippen LogP contribution in [0.3, 0.4) is 0 Å². The molecule has 0 aliphatic heterocycles. The largest absolute Gasteiger partial charge is 0.378 e. The number of aromatic nitrogens is 1. The van der Waals surface area contributed by atoms with Gasteiger partial charge in [0.05, 0.1) is 11.6 Å². The second-order valence-electron chi connectivity index (χ2n) is 6.98. The summed E-state index contributed by atoms with van der Waals surface area (Å²) in [5, 5.41) is 10.1. The number of hydrogen-bond acceptors (Lipinski definition) is 4. The van der Waals surface area contributed by atoms with Crippen molar-refractivity contribution in [1.29, 1.82) is 0 Å². The number of nitrogens with one attached hydrogen (secondary N) is 3. The molecule has 6 heteroatoms. The Hall–Kier alpha value is -2.34. The van der Waals surface area contributed by atoms with Crippen LogP contribution in [0, 0.1) is 0 Å². The zero-order valence-electron chi connectivity index (χ0n) is 15.9. The third-order valence-corrected chi connectivity index (χ3v) is 4.83. The second-order valence-corrected chi connectivity index (χ2v) is 6.98. The molecule has 0 spiro atoms. The van der Waals surface area contributed by atoms with Crippen molar-refractivity contribution in [2.45, 2.75) is 44.6 Å². The lowest BCUT2D eigenvalue weighted by molar-refractivity contribution is 0.0275. The highest BCUT2D eigenvalue weighted by atomic mass is 16.5. The molecular formula is C21H30N4O2. The van der Waals surface area contributed by atoms with Gasteiger partial charge in [-0.3, -0.25) is 0 Å². The minimum atomic E-state index is -0.138. The molecule has 1 heterocycles. The summed E-state index contributed by atoms with van der Waals surface area (Å²) in [7, 11) is 0. The Labute approximate surface area is 161 Å². The lowest BCUT2D eigenvalue weighted by atomic mass is 9.98. The molecule has 2 aromatic rings. The summed E-state index contributed by atoms with van der Waals surface area (Å²) >= 11 is 0. The van der Waals surface area contributed by atoms with Crippen molar-refractivity contribution in [2.75, 3.05) is 31.6 Å². The van der Waals surface area contributed by atoms with Crippen molar-refractivity contribution in [3.63, 3.8) is 0 Å². The average Bonchev–Trinajstić information content (AvgIpc) is 2.71. The van der Waals surface area contributed by atoms with Crippen LogP contribution in [0.4, 0.5) is 10.6 Å². The highest BCUT2D eigenvalue weighted by Gasteiger charge is 2.13. The zero-order valence-corrected chi connectivity index (χ0v) is 15.9. The molecule has 1 fully saturated rings. The molecule has 0 radical (unpaired) electrons. The summed E-state index contributed by atoms with van der Waals surface area (Å²) in [6, 6.07) is 11.9. The minimum Gasteiger partial charge on any atom is -0.378 e. The van der Waals surface area contributed by atoms with Crippen LogP contribution in [-0.4, -0.2) is 43.4 Å². The van der Waals surface area contributed by atoms with Gasteiger partial charge in [-0.1, -0.05) is 37.5 Å². The molecule has 3 rings (SSSR count). The third-order valence-electron chi connectivity index (χ3n) is 4.83. The topological polar surface area (TPSA) is 75.3 Å². The van der Waals surface area contributed by atoms with Crippen LogP contribution in [0.25, 0.3) is 10.9 Å². The lowest BCUT2D eigenvalue weighted by Gasteiger charge is -2.21. The molecule has 27 heavy (non-hydrogen) atoms. The van der Waals surface area contributed by atoms with Crippen LogP contribution < -0.4 is 16.0 Å². The molecule has 0 atom stereocenters. The van der Waals surface area contributed by atoms with Gasteiger partial charge < -0.3 is 20.7 Å². The Balaban J connectivity index is 1.22. The number of amides is 2. The van der Waals surface area contributed by atoms with Crippen molar-refractivity contribution in [3.05, 3.63) is 36.4 Å². The summed E-state index contributed by atoms with van der Waals surface area (Å²) in [5.41, 5.74) is 0.962. The number of nitrogens with zero attached hydrogens (tertiary/aromatic N) is 1. The van der Waals surface area contributed by atoms with Gasteiger partial charge in [-0.2, -0.15) is 0 Å². The van der Waals surface area contributed by atoms with Gasteiger partial charge in [0.2, 0.25) is 0 Å². The van der Waals surface area contributed by atoms with Crippen molar-refractivity contribution >= 4 is 22.8 Å². The number of benzene rings is 1. The van der Waals surface area contributed by atoms with Crippen molar-refractivity contribution in [3.8, 4) is 0 Å². The van der Waals surface area contributed by atoms with E-state index in [-0.39, 0.29) is 6.03 Å². The Bertz CT molecular complexity index is 716. The molecule has 1 aromatic heterocycles. The van der Waals surface area contributed by atoms with Gasteiger partial charge in [-0.05, 0) is 37.5 Å². The monoisotopic (exact) mass is 370 g/mol. The number of ether oxygens (including phenoxy) is 1. The first-order valence-electron chi connectivity index (χ1n) is 10.0. The van der Waals surface area contributed by atoms with E-state index in [0.29, 0.717) is 25.7 Å². The first-order chi connectivity index (χ1) is 13.3. The average molecular weight is 370 g/mol. The fourth-order valence-corrected chi connectivity index (χ4v) is 3.35. The maximum Gasteiger partial charge on any atom is 0.314 e. The van der Waals surface area contributed by atoms with Crippen molar-refractivity contribution in [2.24, 2.45) is 0 Å². The summed E-state index contributed by atoms with van der Waals surface area (Å²) in [6.07, 6.45) is 7.57. The van der Waals surface area contributed by atoms with E-state index in [1.165, 1.54) is 32.1 Å². The van der Waals surface area contributed by atoms with Crippen LogP contribution in [0.1, 0.15) is 38.5 Å². The van der Waals surface area contributed by atoms with E-state index in [0.717, 1.165) is 29.7 Å². The summed E-state index contributed by atoms with van der Waals surface area (Å²) in [4.78, 5) is 16.3. The number of carbonyl (C=O) groups is 1. The van der Waals surface area contributed by atoms with Gasteiger partial charge in [0.25, 0.3) is 0 Å². The molecule has 3 N–H and O–H groups in total. The van der Waals surface area contributed by atoms with E-state index in [2.05, 4.69) is 20.9 Å². The molecule has 1 aromatic carbocycles. The summed E-state index contributed by atoms with van der Waals surface area (Å²) in [6.45, 7) is 2.53. The molecule has 1 saturated carbocycles. The molecule has 2 amide bonds. The number of fused-ring (bicyclic) bond motifs is 1. The maximum atomic E-state index is 11.8. The Morgan fingerprint density at radius 2 is 1.81 bits per heavy atom. The number of anilines is 1. The molecule has 6 nitrogen and oxygen atoms in total. The molecule has 1 aliphatic carbocycles. The van der Waals surface area contributed by atoms with Crippen molar-refractivity contribution < 1.29 is 9.53 Å². The van der Waals surface area contributed by atoms with Gasteiger partial charge in [-0.15, -0.1) is 0 Å². The standard InChI is InChI=1S/C21H30N4O2/c26-21(23-13-6-16-27-18-8-2-1-3-9-18)24-15-14-22-20-12-11-17-7-4-5-10-19(17)25-20/h4-5,7,10-12,18H,1-3,6,8-9,13-16H2,(H,22,25)(H2,23,24,26). The molecule has 1 aliphatic rings. The van der Waals surface area contributed by atoms with Gasteiger partial charge in [0.15, 0.2) is 0 Å². The molecular weight excluding hydrogens is 340 g/mol. The molecule has 0 unspecified atom stereocenters. The number of pyridine rings is 1. The molecule has 146 valence electrons. The first kappa shape index (κ1) is 19.4. The van der Waals surface area contributed by atoms with Gasteiger partial charge in [0, 0.05) is 31.6 Å². The highest BCUT2D eigenvalue weighted by molar-refractivity contribution is 5.80. The quantitative estimate of drug-likeness (QED) is 0.589. The fraction of sp³-hybridized carbons (Fsp3) is 0.524. The van der Waals surface area contributed by atoms with E-state index in [1.807, 2.05) is 36.4 Å². The summed E-state index contributed by atoms with van der Waals surface area (Å²) in [5.74, 6) is 0.816. The Morgan fingerprint density at radius 1 is 1.00 bits per heavy atom. The Morgan fingerprint density at radius 3 is 2.70 bits per heavy atom. The minimum absolute atomic E-state index is 0.138. The van der Waals surface area contributed by atoms with Crippen LogP contribution >= 0.6 is 0 Å². The first-order valence-corrected chi connectivity index (χ1v) is 10.0. The van der Waals surface area contributed by atoms with E-state index in [9.17, 15) is 4.79 Å². The molecule has 0 bridgehead atoms. The fourth-order valence-electron chi connectivity index (χ4n) is 3.35. The number of rotatable bonds is 9. The SMILES string of the molecule is O=C(NCCCOC1CCCCC1)NCCNc1ccc2ccccc2n1. The predicted octanol–water partition coefficient (Wildman–Crippen LogP) is 3.69. The van der Waals surface area contributed by atoms with Crippen molar-refractivity contribution in [1.82, 2.24) is 15.6 Å². The number of carbonyl (C=O) groups excluding carboxylic acids is 1. The second kappa shape index (κ2) is 10.7. The smallest absolute Gasteiger partial charge is 0.314 e. The normalized spacial score (nSPS) is 14.8. The van der Waals surface area contributed by atoms with E-state index in [4.69, 9.17) is 4.74 Å². The summed E-state index contributed by atoms with van der Waals surface area (Å²) < 4.78 is 5.85. The van der Waals surface area contributed by atoms with E-state index in [1.54, 1.807) is 0 Å². The van der Waals surface area contributed by atoms with Gasteiger partial charge in [0.1, 0.15) is 5.82 Å². The lowest BCUT2D eigenvalue weighted by Crippen LogP contribution is -2.38. The maximum absolute atomic E-state index is 11.8. The van der Waals surface area contributed by atoms with Crippen LogP contribution in [0.2, 0.25) is 0 Å². The number of urea groups is 1. The van der Waals surface area contributed by atoms with E-state index >= 15 is 0 Å². The predicted molar refractivity (Wildman–Crippen MR) is 109 cm³/mol. The number of hydrogen-bond donors (Lipinski definition) is 3. The van der Waals surface area contributed by atoms with Crippen LogP contribution in [-0.2, 0) is 4.74 Å². The van der Waals surface area contributed by atoms with E-state index < -0.39 is 0 Å². The van der Waals surface area contributed by atoms with Crippen LogP contribution in [0.15, 0.2) is 36.4 Å². The van der Waals surface area contributed by atoms with Crippen LogP contribution in [0.5, 0.6) is 0 Å². The third kappa shape index (κ3) is 6.71. The van der Waals surface area contributed by atoms with Gasteiger partial charge >= 0.3 is 6.03 Å². The highest BCUT2D eigenvalue weighted by Crippen LogP contribution is 2.20. The van der Waals surface area contributed by atoms with Gasteiger partial charge in [-0.25, -0.2) is 9.78 Å². The zero-order chi connectivity index (χ0) is 18.7. The Kier molecular flexibility index (Phi) is 7.71. The number of para-hydroxylation sites is 1.